The number of amides is 1. The van der Waals surface area contributed by atoms with Gasteiger partial charge in [-0.3, -0.25) is 4.79 Å². The van der Waals surface area contributed by atoms with E-state index in [1.54, 1.807) is 0 Å². The number of carbonyl (C=O) groups is 1. The number of hydrogen-bond acceptors (Lipinski definition) is 2. The Kier molecular flexibility index (Phi) is 6.84. The molecule has 0 aliphatic heterocycles. The number of hydrogen-bond donors (Lipinski definition) is 2. The number of rotatable bonds is 7. The van der Waals surface area contributed by atoms with E-state index in [2.05, 4.69) is 31.4 Å². The maximum absolute atomic E-state index is 11.4. The molecule has 3 heteroatoms. The molecular weight excluding hydrogens is 236 g/mol. The normalized spacial score (nSPS) is 24.2. The van der Waals surface area contributed by atoms with Gasteiger partial charge < -0.3 is 10.6 Å². The number of carbonyl (C=O) groups excluding carboxylic acids is 1. The van der Waals surface area contributed by atoms with E-state index in [1.165, 1.54) is 32.1 Å². The van der Waals surface area contributed by atoms with Crippen LogP contribution in [0.25, 0.3) is 0 Å². The van der Waals surface area contributed by atoms with Gasteiger partial charge in [-0.05, 0) is 43.9 Å². The van der Waals surface area contributed by atoms with E-state index in [4.69, 9.17) is 0 Å². The van der Waals surface area contributed by atoms with Crippen LogP contribution in [0.4, 0.5) is 0 Å². The summed E-state index contributed by atoms with van der Waals surface area (Å²) in [5.41, 5.74) is 0.492. The molecular formula is C16H32N2O. The Labute approximate surface area is 118 Å². The minimum Gasteiger partial charge on any atom is -0.356 e. The third-order valence-corrected chi connectivity index (χ3v) is 4.90. The van der Waals surface area contributed by atoms with Crippen LogP contribution in [0.3, 0.4) is 0 Å². The molecule has 2 N–H and O–H groups in total. The Hall–Kier alpha value is -0.570. The van der Waals surface area contributed by atoms with Gasteiger partial charge in [-0.15, -0.1) is 0 Å². The maximum atomic E-state index is 11.4. The summed E-state index contributed by atoms with van der Waals surface area (Å²) in [6, 6.07) is 0.623. The van der Waals surface area contributed by atoms with Crippen molar-refractivity contribution in [2.45, 2.75) is 72.3 Å². The summed E-state index contributed by atoms with van der Waals surface area (Å²) < 4.78 is 0. The minimum absolute atomic E-state index is 0.163. The van der Waals surface area contributed by atoms with Crippen molar-refractivity contribution < 1.29 is 4.79 Å². The van der Waals surface area contributed by atoms with E-state index in [0.29, 0.717) is 17.9 Å². The molecule has 1 amide bonds. The van der Waals surface area contributed by atoms with Crippen molar-refractivity contribution >= 4 is 5.91 Å². The second-order valence-corrected chi connectivity index (χ2v) is 6.55. The summed E-state index contributed by atoms with van der Waals surface area (Å²) in [5.74, 6) is 1.04. The summed E-state index contributed by atoms with van der Waals surface area (Å²) in [5, 5.41) is 6.38. The van der Waals surface area contributed by atoms with Crippen molar-refractivity contribution in [2.75, 3.05) is 13.1 Å². The Morgan fingerprint density at radius 2 is 1.79 bits per heavy atom. The summed E-state index contributed by atoms with van der Waals surface area (Å²) in [4.78, 5) is 11.4. The Balaban J connectivity index is 2.18. The van der Waals surface area contributed by atoms with Gasteiger partial charge in [-0.2, -0.15) is 0 Å². The Morgan fingerprint density at radius 1 is 1.16 bits per heavy atom. The van der Waals surface area contributed by atoms with Crippen molar-refractivity contribution in [1.29, 1.82) is 0 Å². The fourth-order valence-corrected chi connectivity index (χ4v) is 3.04. The molecule has 1 aliphatic rings. The van der Waals surface area contributed by atoms with Gasteiger partial charge in [-0.25, -0.2) is 0 Å². The van der Waals surface area contributed by atoms with Crippen LogP contribution >= 0.6 is 0 Å². The topological polar surface area (TPSA) is 41.1 Å². The molecule has 0 spiro atoms. The maximum Gasteiger partial charge on any atom is 0.221 e. The lowest BCUT2D eigenvalue weighted by atomic mass is 9.69. The monoisotopic (exact) mass is 268 g/mol. The summed E-state index contributed by atoms with van der Waals surface area (Å²) in [6.07, 6.45) is 7.08. The quantitative estimate of drug-likeness (QED) is 0.745. The molecule has 3 nitrogen and oxygen atoms in total. The first kappa shape index (κ1) is 16.5. The van der Waals surface area contributed by atoms with E-state index >= 15 is 0 Å². The highest BCUT2D eigenvalue weighted by Crippen LogP contribution is 2.40. The summed E-state index contributed by atoms with van der Waals surface area (Å²) >= 11 is 0. The molecule has 0 heterocycles. The standard InChI is InChI=1S/C16H32N2O/c1-5-16(3,4)13-7-9-14(10-8-13)18-12-11-15(19)17-6-2/h13-14,18H,5-12H2,1-4H3,(H,17,19). The van der Waals surface area contributed by atoms with Crippen molar-refractivity contribution in [3.63, 3.8) is 0 Å². The lowest BCUT2D eigenvalue weighted by Crippen LogP contribution is -2.38. The zero-order valence-electron chi connectivity index (χ0n) is 13.2. The molecule has 1 fully saturated rings. The SMILES string of the molecule is CCNC(=O)CCNC1CCC(C(C)(C)CC)CC1. The smallest absolute Gasteiger partial charge is 0.221 e. The molecule has 0 atom stereocenters. The highest BCUT2D eigenvalue weighted by molar-refractivity contribution is 5.75. The molecule has 0 bridgehead atoms. The Morgan fingerprint density at radius 3 is 2.32 bits per heavy atom. The zero-order valence-corrected chi connectivity index (χ0v) is 13.2. The lowest BCUT2D eigenvalue weighted by molar-refractivity contribution is -0.120. The van der Waals surface area contributed by atoms with Crippen LogP contribution in [-0.2, 0) is 4.79 Å². The van der Waals surface area contributed by atoms with Gasteiger partial charge in [0.15, 0.2) is 0 Å². The van der Waals surface area contributed by atoms with Gasteiger partial charge in [0.25, 0.3) is 0 Å². The van der Waals surface area contributed by atoms with Crippen LogP contribution in [0.15, 0.2) is 0 Å². The fourth-order valence-electron chi connectivity index (χ4n) is 3.04. The van der Waals surface area contributed by atoms with Gasteiger partial charge >= 0.3 is 0 Å². The summed E-state index contributed by atoms with van der Waals surface area (Å²) in [7, 11) is 0. The van der Waals surface area contributed by atoms with Crippen molar-refractivity contribution in [3.05, 3.63) is 0 Å². The first-order valence-electron chi connectivity index (χ1n) is 7.99. The molecule has 1 aliphatic carbocycles. The van der Waals surface area contributed by atoms with Crippen molar-refractivity contribution in [2.24, 2.45) is 11.3 Å². The van der Waals surface area contributed by atoms with Crippen molar-refractivity contribution in [1.82, 2.24) is 10.6 Å². The van der Waals surface area contributed by atoms with Gasteiger partial charge in [0, 0.05) is 25.6 Å². The largest absolute Gasteiger partial charge is 0.356 e. The van der Waals surface area contributed by atoms with Gasteiger partial charge in [0.05, 0.1) is 0 Å². The second kappa shape index (κ2) is 7.88. The Bertz CT molecular complexity index is 268. The molecule has 112 valence electrons. The lowest BCUT2D eigenvalue weighted by Gasteiger charge is -2.39. The van der Waals surface area contributed by atoms with E-state index in [0.717, 1.165) is 19.0 Å². The fraction of sp³-hybridized carbons (Fsp3) is 0.938. The molecule has 0 radical (unpaired) electrons. The second-order valence-electron chi connectivity index (χ2n) is 6.55. The third-order valence-electron chi connectivity index (χ3n) is 4.90. The van der Waals surface area contributed by atoms with Crippen LogP contribution < -0.4 is 10.6 Å². The number of nitrogens with one attached hydrogen (secondary N) is 2. The molecule has 1 saturated carbocycles. The van der Waals surface area contributed by atoms with Gasteiger partial charge in [-0.1, -0.05) is 27.2 Å². The predicted octanol–water partition coefficient (Wildman–Crippen LogP) is 3.10. The van der Waals surface area contributed by atoms with E-state index in [1.807, 2.05) is 6.92 Å². The van der Waals surface area contributed by atoms with Crippen LogP contribution in [-0.4, -0.2) is 25.0 Å². The van der Waals surface area contributed by atoms with E-state index < -0.39 is 0 Å². The minimum atomic E-state index is 0.163. The highest BCUT2D eigenvalue weighted by atomic mass is 16.1. The molecule has 0 saturated heterocycles. The van der Waals surface area contributed by atoms with Crippen LogP contribution in [0.5, 0.6) is 0 Å². The van der Waals surface area contributed by atoms with Gasteiger partial charge in [0.1, 0.15) is 0 Å². The van der Waals surface area contributed by atoms with Crippen LogP contribution in [0.2, 0.25) is 0 Å². The van der Waals surface area contributed by atoms with Gasteiger partial charge in [0.2, 0.25) is 5.91 Å². The van der Waals surface area contributed by atoms with Crippen molar-refractivity contribution in [3.8, 4) is 0 Å². The van der Waals surface area contributed by atoms with Crippen LogP contribution in [0.1, 0.15) is 66.2 Å². The van der Waals surface area contributed by atoms with E-state index in [-0.39, 0.29) is 5.91 Å². The molecule has 0 aromatic heterocycles. The van der Waals surface area contributed by atoms with Crippen LogP contribution in [0, 0.1) is 11.3 Å². The molecule has 19 heavy (non-hydrogen) atoms. The molecule has 0 aromatic carbocycles. The summed E-state index contributed by atoms with van der Waals surface area (Å²) in [6.45, 7) is 10.6. The average molecular weight is 268 g/mol. The zero-order chi connectivity index (χ0) is 14.3. The molecule has 0 aromatic rings. The third kappa shape index (κ3) is 5.52. The predicted molar refractivity (Wildman–Crippen MR) is 81.1 cm³/mol. The first-order valence-corrected chi connectivity index (χ1v) is 7.99. The van der Waals surface area contributed by atoms with E-state index in [9.17, 15) is 4.79 Å². The molecule has 1 rings (SSSR count). The highest BCUT2D eigenvalue weighted by Gasteiger charge is 2.31. The average Bonchev–Trinajstić information content (AvgIpc) is 2.40. The first-order chi connectivity index (χ1) is 8.99. The molecule has 0 unspecified atom stereocenters.